The van der Waals surface area contributed by atoms with Gasteiger partial charge in [-0.05, 0) is 32.0 Å². The highest BCUT2D eigenvalue weighted by molar-refractivity contribution is 5.90. The second kappa shape index (κ2) is 8.29. The quantitative estimate of drug-likeness (QED) is 0.735. The molecule has 0 saturated carbocycles. The van der Waals surface area contributed by atoms with Gasteiger partial charge in [-0.1, -0.05) is 0 Å². The van der Waals surface area contributed by atoms with Gasteiger partial charge in [-0.3, -0.25) is 9.69 Å². The normalized spacial score (nSPS) is 15.9. The number of aryl methyl sites for hydroxylation is 1. The number of hydrogen-bond acceptors (Lipinski definition) is 7. The van der Waals surface area contributed by atoms with Crippen molar-refractivity contribution in [2.45, 2.75) is 26.9 Å². The lowest BCUT2D eigenvalue weighted by atomic mass is 10.1. The number of nitrogens with one attached hydrogen (secondary N) is 1. The average Bonchev–Trinajstić information content (AvgIpc) is 3.22. The smallest absolute Gasteiger partial charge is 0.414 e. The number of ether oxygens (including phenoxy) is 2. The maximum atomic E-state index is 14.7. The molecule has 29 heavy (non-hydrogen) atoms. The zero-order valence-corrected chi connectivity index (χ0v) is 16.2. The molecule has 1 unspecified atom stereocenters. The number of cyclic esters (lactones) is 1. The van der Waals surface area contributed by atoms with Gasteiger partial charge in [-0.25, -0.2) is 19.0 Å². The maximum Gasteiger partial charge on any atom is 0.414 e. The molecule has 2 aromatic rings. The van der Waals surface area contributed by atoms with Crippen molar-refractivity contribution in [3.8, 4) is 11.5 Å². The van der Waals surface area contributed by atoms with Gasteiger partial charge in [0.05, 0.1) is 30.9 Å². The van der Waals surface area contributed by atoms with Crippen LogP contribution in [0.3, 0.4) is 0 Å². The van der Waals surface area contributed by atoms with Crippen LogP contribution in [0.15, 0.2) is 22.6 Å². The van der Waals surface area contributed by atoms with Crippen LogP contribution in [0.2, 0.25) is 0 Å². The molecule has 1 N–H and O–H groups in total. The molecule has 10 heteroatoms. The predicted octanol–water partition coefficient (Wildman–Crippen LogP) is 2.43. The molecule has 0 spiro atoms. The maximum absolute atomic E-state index is 14.7. The Balaban J connectivity index is 1.79. The van der Waals surface area contributed by atoms with E-state index in [1.165, 1.54) is 30.9 Å². The first-order valence-electron chi connectivity index (χ1n) is 8.97. The Labute approximate surface area is 165 Å². The molecule has 1 fully saturated rings. The molecule has 1 aromatic carbocycles. The average molecular weight is 405 g/mol. The van der Waals surface area contributed by atoms with Gasteiger partial charge >= 0.3 is 12.1 Å². The van der Waals surface area contributed by atoms with E-state index in [1.807, 2.05) is 0 Å². The third kappa shape index (κ3) is 4.36. The van der Waals surface area contributed by atoms with E-state index in [0.717, 1.165) is 6.07 Å². The lowest BCUT2D eigenvalue weighted by molar-refractivity contribution is -0.119. The fraction of sp³-hybridized carbons (Fsp3) is 0.368. The third-order valence-corrected chi connectivity index (χ3v) is 4.21. The van der Waals surface area contributed by atoms with E-state index >= 15 is 0 Å². The van der Waals surface area contributed by atoms with Crippen LogP contribution in [0.5, 0.6) is 0 Å². The monoisotopic (exact) mass is 405 g/mol. The summed E-state index contributed by atoms with van der Waals surface area (Å²) in [6.45, 7) is 5.08. The summed E-state index contributed by atoms with van der Waals surface area (Å²) in [5, 5.41) is 2.57. The SMILES string of the molecule is CCOC(=O)c1nc(-c2ccc(N3CC(CNC(C)=O)OC3=O)cc2F)oc1C. The Morgan fingerprint density at radius 2 is 2.17 bits per heavy atom. The Morgan fingerprint density at radius 1 is 1.41 bits per heavy atom. The van der Waals surface area contributed by atoms with E-state index in [-0.39, 0.29) is 54.2 Å². The largest absolute Gasteiger partial charge is 0.461 e. The fourth-order valence-electron chi connectivity index (χ4n) is 2.84. The minimum atomic E-state index is -0.683. The zero-order chi connectivity index (χ0) is 21.1. The van der Waals surface area contributed by atoms with Gasteiger partial charge in [0.15, 0.2) is 5.69 Å². The number of anilines is 1. The highest BCUT2D eigenvalue weighted by atomic mass is 19.1. The predicted molar refractivity (Wildman–Crippen MR) is 98.9 cm³/mol. The first-order valence-corrected chi connectivity index (χ1v) is 8.97. The minimum absolute atomic E-state index is 0.0192. The standard InChI is InChI=1S/C19H20FN3O6/c1-4-27-18(25)16-10(2)28-17(22-16)14-6-5-12(7-15(14)20)23-9-13(29-19(23)26)8-21-11(3)24/h5-7,13H,4,8-9H2,1-3H3,(H,21,24). The number of oxazole rings is 1. The van der Waals surface area contributed by atoms with Crippen LogP contribution in [-0.4, -0.2) is 48.8 Å². The second-order valence-corrected chi connectivity index (χ2v) is 6.36. The Hall–Kier alpha value is -3.43. The van der Waals surface area contributed by atoms with Gasteiger partial charge in [-0.15, -0.1) is 0 Å². The number of esters is 1. The molecule has 154 valence electrons. The van der Waals surface area contributed by atoms with Crippen molar-refractivity contribution in [1.29, 1.82) is 0 Å². The van der Waals surface area contributed by atoms with Crippen molar-refractivity contribution >= 4 is 23.7 Å². The van der Waals surface area contributed by atoms with E-state index < -0.39 is 24.0 Å². The Kier molecular flexibility index (Phi) is 5.81. The molecule has 3 rings (SSSR count). The number of carbonyl (C=O) groups excluding carboxylic acids is 3. The van der Waals surface area contributed by atoms with E-state index in [1.54, 1.807) is 6.92 Å². The van der Waals surface area contributed by atoms with Crippen molar-refractivity contribution in [3.63, 3.8) is 0 Å². The summed E-state index contributed by atoms with van der Waals surface area (Å²) in [6.07, 6.45) is -1.17. The molecular formula is C19H20FN3O6. The summed E-state index contributed by atoms with van der Waals surface area (Å²) >= 11 is 0. The van der Waals surface area contributed by atoms with Crippen molar-refractivity contribution < 1.29 is 32.7 Å². The number of hydrogen-bond donors (Lipinski definition) is 1. The number of nitrogens with zero attached hydrogens (tertiary/aromatic N) is 2. The molecule has 9 nitrogen and oxygen atoms in total. The highest BCUT2D eigenvalue weighted by Gasteiger charge is 2.33. The first kappa shape index (κ1) is 20.3. The molecule has 1 aliphatic rings. The van der Waals surface area contributed by atoms with E-state index in [9.17, 15) is 18.8 Å². The Bertz CT molecular complexity index is 957. The van der Waals surface area contributed by atoms with E-state index in [2.05, 4.69) is 10.3 Å². The zero-order valence-electron chi connectivity index (χ0n) is 16.2. The van der Waals surface area contributed by atoms with Gasteiger partial charge in [0.1, 0.15) is 17.7 Å². The fourth-order valence-corrected chi connectivity index (χ4v) is 2.84. The highest BCUT2D eigenvalue weighted by Crippen LogP contribution is 2.30. The number of rotatable bonds is 6. The molecule has 1 atom stereocenters. The number of amides is 2. The second-order valence-electron chi connectivity index (χ2n) is 6.36. The molecular weight excluding hydrogens is 385 g/mol. The van der Waals surface area contributed by atoms with Crippen LogP contribution in [0.25, 0.3) is 11.5 Å². The van der Waals surface area contributed by atoms with Gasteiger partial charge in [0.2, 0.25) is 11.8 Å². The van der Waals surface area contributed by atoms with Crippen molar-refractivity contribution in [3.05, 3.63) is 35.5 Å². The summed E-state index contributed by atoms with van der Waals surface area (Å²) in [5.74, 6) is -1.43. The van der Waals surface area contributed by atoms with Crippen molar-refractivity contribution in [2.24, 2.45) is 0 Å². The summed E-state index contributed by atoms with van der Waals surface area (Å²) < 4.78 is 30.2. The van der Waals surface area contributed by atoms with Gasteiger partial charge in [0, 0.05) is 6.92 Å². The number of aromatic nitrogens is 1. The van der Waals surface area contributed by atoms with Crippen LogP contribution in [-0.2, 0) is 14.3 Å². The van der Waals surface area contributed by atoms with Crippen LogP contribution >= 0.6 is 0 Å². The topological polar surface area (TPSA) is 111 Å². The molecule has 1 aromatic heterocycles. The van der Waals surface area contributed by atoms with Crippen molar-refractivity contribution in [1.82, 2.24) is 10.3 Å². The summed E-state index contributed by atoms with van der Waals surface area (Å²) in [6, 6.07) is 4.07. The molecule has 0 bridgehead atoms. The van der Waals surface area contributed by atoms with E-state index in [0.29, 0.717) is 0 Å². The van der Waals surface area contributed by atoms with E-state index in [4.69, 9.17) is 13.9 Å². The molecule has 0 radical (unpaired) electrons. The summed E-state index contributed by atoms with van der Waals surface area (Å²) in [4.78, 5) is 40.2. The van der Waals surface area contributed by atoms with Crippen LogP contribution in [0.4, 0.5) is 14.9 Å². The molecule has 1 saturated heterocycles. The van der Waals surface area contributed by atoms with Crippen LogP contribution in [0.1, 0.15) is 30.1 Å². The number of carbonyl (C=O) groups is 3. The third-order valence-electron chi connectivity index (χ3n) is 4.21. The van der Waals surface area contributed by atoms with Gasteiger partial charge in [0.25, 0.3) is 0 Å². The number of benzene rings is 1. The Morgan fingerprint density at radius 3 is 2.83 bits per heavy atom. The lowest BCUT2D eigenvalue weighted by Crippen LogP contribution is -2.33. The van der Waals surface area contributed by atoms with Crippen LogP contribution in [0, 0.1) is 12.7 Å². The van der Waals surface area contributed by atoms with Crippen LogP contribution < -0.4 is 10.2 Å². The van der Waals surface area contributed by atoms with Gasteiger partial charge in [-0.2, -0.15) is 0 Å². The minimum Gasteiger partial charge on any atom is -0.461 e. The first-order chi connectivity index (χ1) is 13.8. The summed E-state index contributed by atoms with van der Waals surface area (Å²) in [7, 11) is 0. The molecule has 0 aliphatic carbocycles. The molecule has 2 amide bonds. The number of halogens is 1. The molecule has 2 heterocycles. The lowest BCUT2D eigenvalue weighted by Gasteiger charge is -2.13. The molecule has 1 aliphatic heterocycles. The van der Waals surface area contributed by atoms with Crippen molar-refractivity contribution in [2.75, 3.05) is 24.6 Å². The summed E-state index contributed by atoms with van der Waals surface area (Å²) in [5.41, 5.74) is 0.305. The van der Waals surface area contributed by atoms with Gasteiger partial charge < -0.3 is 19.2 Å².